The van der Waals surface area contributed by atoms with Crippen LogP contribution in [0.2, 0.25) is 0 Å². The predicted octanol–water partition coefficient (Wildman–Crippen LogP) is 0.972. The predicted molar refractivity (Wildman–Crippen MR) is 80.3 cm³/mol. The van der Waals surface area contributed by atoms with E-state index in [1.54, 1.807) is 19.2 Å². The molecule has 6 heteroatoms. The number of rotatable bonds is 2. The standard InChI is InChI=1S/C15H21N3O3/c1-17-14(19)12-4-3-11(16)9-13(12)18-6-2-5-15(10-18)20-7-8-21-15/h3-4,9H,2,5-8,10,16H2,1H3,(H,17,19). The van der Waals surface area contributed by atoms with Gasteiger partial charge in [0, 0.05) is 25.7 Å². The highest BCUT2D eigenvalue weighted by Gasteiger charge is 2.41. The van der Waals surface area contributed by atoms with Gasteiger partial charge in [-0.05, 0) is 24.6 Å². The number of carbonyl (C=O) groups excluding carboxylic acids is 1. The van der Waals surface area contributed by atoms with Crippen molar-refractivity contribution in [2.45, 2.75) is 18.6 Å². The first kappa shape index (κ1) is 14.2. The summed E-state index contributed by atoms with van der Waals surface area (Å²) in [6.07, 6.45) is 1.85. The Hall–Kier alpha value is -1.79. The van der Waals surface area contributed by atoms with Crippen molar-refractivity contribution >= 4 is 17.3 Å². The molecule has 3 N–H and O–H groups in total. The third kappa shape index (κ3) is 2.69. The van der Waals surface area contributed by atoms with Crippen LogP contribution in [0.5, 0.6) is 0 Å². The minimum Gasteiger partial charge on any atom is -0.399 e. The Morgan fingerprint density at radius 2 is 2.14 bits per heavy atom. The molecule has 2 saturated heterocycles. The molecule has 1 spiro atoms. The SMILES string of the molecule is CNC(=O)c1ccc(N)cc1N1CCCC2(C1)OCCO2. The van der Waals surface area contributed by atoms with Crippen LogP contribution in [-0.4, -0.2) is 45.0 Å². The second kappa shape index (κ2) is 5.54. The Morgan fingerprint density at radius 1 is 1.38 bits per heavy atom. The van der Waals surface area contributed by atoms with E-state index in [9.17, 15) is 4.79 Å². The van der Waals surface area contributed by atoms with E-state index < -0.39 is 5.79 Å². The molecular formula is C15H21N3O3. The van der Waals surface area contributed by atoms with Crippen molar-refractivity contribution in [1.29, 1.82) is 0 Å². The van der Waals surface area contributed by atoms with Gasteiger partial charge in [-0.15, -0.1) is 0 Å². The average Bonchev–Trinajstić information content (AvgIpc) is 2.94. The lowest BCUT2D eigenvalue weighted by Crippen LogP contribution is -2.49. The summed E-state index contributed by atoms with van der Waals surface area (Å²) in [6.45, 7) is 2.75. The van der Waals surface area contributed by atoms with Gasteiger partial charge < -0.3 is 25.4 Å². The van der Waals surface area contributed by atoms with Gasteiger partial charge in [0.25, 0.3) is 5.91 Å². The number of piperidine rings is 1. The van der Waals surface area contributed by atoms with Crippen molar-refractivity contribution in [1.82, 2.24) is 5.32 Å². The fourth-order valence-corrected chi connectivity index (χ4v) is 3.06. The second-order valence-electron chi connectivity index (χ2n) is 5.49. The molecule has 2 fully saturated rings. The van der Waals surface area contributed by atoms with Gasteiger partial charge in [0.1, 0.15) is 0 Å². The molecule has 0 radical (unpaired) electrons. The van der Waals surface area contributed by atoms with Crippen LogP contribution < -0.4 is 16.0 Å². The van der Waals surface area contributed by atoms with E-state index in [4.69, 9.17) is 15.2 Å². The van der Waals surface area contributed by atoms with Gasteiger partial charge in [0.05, 0.1) is 31.0 Å². The lowest BCUT2D eigenvalue weighted by Gasteiger charge is -2.40. The van der Waals surface area contributed by atoms with Crippen molar-refractivity contribution in [2.75, 3.05) is 44.0 Å². The van der Waals surface area contributed by atoms with Gasteiger partial charge in [0.15, 0.2) is 5.79 Å². The molecule has 0 atom stereocenters. The summed E-state index contributed by atoms with van der Waals surface area (Å²) in [5.74, 6) is -0.638. The van der Waals surface area contributed by atoms with Gasteiger partial charge in [0.2, 0.25) is 0 Å². The molecule has 1 aromatic rings. The highest BCUT2D eigenvalue weighted by molar-refractivity contribution is 6.00. The average molecular weight is 291 g/mol. The topological polar surface area (TPSA) is 76.8 Å². The smallest absolute Gasteiger partial charge is 0.253 e. The second-order valence-corrected chi connectivity index (χ2v) is 5.49. The molecule has 114 valence electrons. The zero-order valence-corrected chi connectivity index (χ0v) is 12.2. The molecule has 0 unspecified atom stereocenters. The molecule has 3 rings (SSSR count). The molecular weight excluding hydrogens is 270 g/mol. The maximum absolute atomic E-state index is 12.1. The van der Waals surface area contributed by atoms with Crippen LogP contribution in [0, 0.1) is 0 Å². The number of carbonyl (C=O) groups is 1. The summed E-state index contributed by atoms with van der Waals surface area (Å²) in [7, 11) is 1.63. The van der Waals surface area contributed by atoms with Crippen LogP contribution in [-0.2, 0) is 9.47 Å². The van der Waals surface area contributed by atoms with Crippen molar-refractivity contribution < 1.29 is 14.3 Å². The van der Waals surface area contributed by atoms with E-state index in [-0.39, 0.29) is 5.91 Å². The van der Waals surface area contributed by atoms with Crippen molar-refractivity contribution in [3.8, 4) is 0 Å². The van der Waals surface area contributed by atoms with Crippen molar-refractivity contribution in [3.63, 3.8) is 0 Å². The van der Waals surface area contributed by atoms with Crippen molar-refractivity contribution in [3.05, 3.63) is 23.8 Å². The largest absolute Gasteiger partial charge is 0.399 e. The molecule has 1 amide bonds. The monoisotopic (exact) mass is 291 g/mol. The normalized spacial score (nSPS) is 20.7. The Bertz CT molecular complexity index is 541. The van der Waals surface area contributed by atoms with E-state index in [0.29, 0.717) is 31.0 Å². The fraction of sp³-hybridized carbons (Fsp3) is 0.533. The van der Waals surface area contributed by atoms with Gasteiger partial charge in [-0.1, -0.05) is 0 Å². The summed E-state index contributed by atoms with van der Waals surface area (Å²) < 4.78 is 11.6. The number of amides is 1. The van der Waals surface area contributed by atoms with Gasteiger partial charge in [-0.25, -0.2) is 0 Å². The molecule has 21 heavy (non-hydrogen) atoms. The third-order valence-corrected chi connectivity index (χ3v) is 4.07. The number of anilines is 2. The number of benzene rings is 1. The number of hydrogen-bond acceptors (Lipinski definition) is 5. The Labute approximate surface area is 124 Å². The Balaban J connectivity index is 1.91. The summed E-state index contributed by atoms with van der Waals surface area (Å²) in [5, 5.41) is 2.67. The fourth-order valence-electron chi connectivity index (χ4n) is 3.06. The quantitative estimate of drug-likeness (QED) is 0.794. The Kier molecular flexibility index (Phi) is 3.73. The maximum atomic E-state index is 12.1. The lowest BCUT2D eigenvalue weighted by atomic mass is 10.0. The van der Waals surface area contributed by atoms with Crippen LogP contribution in [0.4, 0.5) is 11.4 Å². The van der Waals surface area contributed by atoms with Crippen LogP contribution in [0.3, 0.4) is 0 Å². The maximum Gasteiger partial charge on any atom is 0.253 e. The van der Waals surface area contributed by atoms with Crippen LogP contribution in [0.25, 0.3) is 0 Å². The van der Waals surface area contributed by atoms with Gasteiger partial charge >= 0.3 is 0 Å². The van der Waals surface area contributed by atoms with E-state index in [0.717, 1.165) is 25.1 Å². The molecule has 1 aromatic carbocycles. The third-order valence-electron chi connectivity index (χ3n) is 4.07. The summed E-state index contributed by atoms with van der Waals surface area (Å²) in [5.41, 5.74) is 8.01. The Morgan fingerprint density at radius 3 is 2.86 bits per heavy atom. The number of ether oxygens (including phenoxy) is 2. The van der Waals surface area contributed by atoms with E-state index in [2.05, 4.69) is 10.2 Å². The first-order valence-corrected chi connectivity index (χ1v) is 7.28. The summed E-state index contributed by atoms with van der Waals surface area (Å²) in [4.78, 5) is 14.2. The molecule has 0 bridgehead atoms. The summed E-state index contributed by atoms with van der Waals surface area (Å²) in [6, 6.07) is 5.36. The highest BCUT2D eigenvalue weighted by Crippen LogP contribution is 2.34. The lowest BCUT2D eigenvalue weighted by molar-refractivity contribution is -0.161. The first-order valence-electron chi connectivity index (χ1n) is 7.28. The molecule has 2 heterocycles. The van der Waals surface area contributed by atoms with E-state index >= 15 is 0 Å². The zero-order valence-electron chi connectivity index (χ0n) is 12.2. The minimum atomic E-state index is -0.525. The molecule has 0 aliphatic carbocycles. The van der Waals surface area contributed by atoms with Gasteiger partial charge in [-0.3, -0.25) is 4.79 Å². The molecule has 0 aromatic heterocycles. The zero-order chi connectivity index (χ0) is 14.9. The molecule has 2 aliphatic rings. The van der Waals surface area contributed by atoms with E-state index in [1.807, 2.05) is 6.07 Å². The number of nitrogens with two attached hydrogens (primary N) is 1. The number of hydrogen-bond donors (Lipinski definition) is 2. The molecule has 2 aliphatic heterocycles. The number of nitrogen functional groups attached to an aromatic ring is 1. The highest BCUT2D eigenvalue weighted by atomic mass is 16.7. The van der Waals surface area contributed by atoms with Crippen LogP contribution in [0.15, 0.2) is 18.2 Å². The van der Waals surface area contributed by atoms with E-state index in [1.165, 1.54) is 0 Å². The number of nitrogens with zero attached hydrogens (tertiary/aromatic N) is 1. The minimum absolute atomic E-state index is 0.113. The van der Waals surface area contributed by atoms with Crippen LogP contribution >= 0.6 is 0 Å². The molecule has 0 saturated carbocycles. The van der Waals surface area contributed by atoms with Gasteiger partial charge in [-0.2, -0.15) is 0 Å². The summed E-state index contributed by atoms with van der Waals surface area (Å²) >= 11 is 0. The van der Waals surface area contributed by atoms with Crippen LogP contribution in [0.1, 0.15) is 23.2 Å². The first-order chi connectivity index (χ1) is 10.1. The van der Waals surface area contributed by atoms with Crippen molar-refractivity contribution in [2.24, 2.45) is 0 Å². The molecule has 6 nitrogen and oxygen atoms in total. The number of nitrogens with one attached hydrogen (secondary N) is 1.